The van der Waals surface area contributed by atoms with E-state index in [9.17, 15) is 0 Å². The molecule has 0 spiro atoms. The van der Waals surface area contributed by atoms with E-state index in [0.29, 0.717) is 6.04 Å². The van der Waals surface area contributed by atoms with Crippen molar-refractivity contribution in [2.24, 2.45) is 0 Å². The van der Waals surface area contributed by atoms with Crippen LogP contribution < -0.4 is 5.32 Å². The summed E-state index contributed by atoms with van der Waals surface area (Å²) < 4.78 is 5.45. The molecule has 0 atom stereocenters. The van der Waals surface area contributed by atoms with Crippen LogP contribution in [0.15, 0.2) is 47.1 Å². The summed E-state index contributed by atoms with van der Waals surface area (Å²) in [6.45, 7) is 3.19. The third-order valence-electron chi connectivity index (χ3n) is 5.15. The summed E-state index contributed by atoms with van der Waals surface area (Å²) in [5.74, 6) is 1.06. The molecule has 0 unspecified atom stereocenters. The smallest absolute Gasteiger partial charge is 0.117 e. The van der Waals surface area contributed by atoms with E-state index in [1.165, 1.54) is 31.2 Å². The van der Waals surface area contributed by atoms with Crippen LogP contribution >= 0.6 is 11.6 Å². The van der Waals surface area contributed by atoms with Gasteiger partial charge in [0.1, 0.15) is 5.76 Å². The largest absolute Gasteiger partial charge is 0.468 e. The number of piperidine rings is 1. The van der Waals surface area contributed by atoms with Crippen LogP contribution in [0.2, 0.25) is 5.02 Å². The van der Waals surface area contributed by atoms with Crippen LogP contribution in [-0.4, -0.2) is 24.0 Å². The molecule has 1 saturated heterocycles. The van der Waals surface area contributed by atoms with Gasteiger partial charge in [0.25, 0.3) is 0 Å². The highest BCUT2D eigenvalue weighted by molar-refractivity contribution is 6.30. The van der Waals surface area contributed by atoms with Crippen LogP contribution in [0.1, 0.15) is 37.0 Å². The number of benzene rings is 1. The molecule has 0 radical (unpaired) electrons. The molecule has 1 aliphatic carbocycles. The lowest BCUT2D eigenvalue weighted by Gasteiger charge is -2.34. The van der Waals surface area contributed by atoms with Gasteiger partial charge >= 0.3 is 0 Å². The summed E-state index contributed by atoms with van der Waals surface area (Å²) in [4.78, 5) is 2.48. The van der Waals surface area contributed by atoms with Crippen molar-refractivity contribution in [3.8, 4) is 0 Å². The Hall–Kier alpha value is -1.29. The first-order valence-corrected chi connectivity index (χ1v) is 8.90. The molecule has 122 valence electrons. The quantitative estimate of drug-likeness (QED) is 0.891. The van der Waals surface area contributed by atoms with Crippen molar-refractivity contribution < 1.29 is 4.42 Å². The van der Waals surface area contributed by atoms with Gasteiger partial charge in [0.05, 0.1) is 12.8 Å². The van der Waals surface area contributed by atoms with E-state index in [0.717, 1.165) is 30.4 Å². The Kier molecular flexibility index (Phi) is 4.18. The normalized spacial score (nSPS) is 21.4. The number of nitrogens with zero attached hydrogens (tertiary/aromatic N) is 1. The lowest BCUT2D eigenvalue weighted by Crippen LogP contribution is -2.46. The summed E-state index contributed by atoms with van der Waals surface area (Å²) in [5, 5.41) is 4.76. The van der Waals surface area contributed by atoms with E-state index >= 15 is 0 Å². The highest BCUT2D eigenvalue weighted by atomic mass is 35.5. The monoisotopic (exact) mass is 330 g/mol. The predicted molar refractivity (Wildman–Crippen MR) is 92.5 cm³/mol. The van der Waals surface area contributed by atoms with Gasteiger partial charge in [-0.2, -0.15) is 0 Å². The Morgan fingerprint density at radius 2 is 2.00 bits per heavy atom. The minimum Gasteiger partial charge on any atom is -0.468 e. The van der Waals surface area contributed by atoms with Crippen molar-refractivity contribution in [2.45, 2.75) is 43.8 Å². The van der Waals surface area contributed by atoms with Crippen molar-refractivity contribution >= 4 is 11.6 Å². The van der Waals surface area contributed by atoms with Crippen molar-refractivity contribution in [3.63, 3.8) is 0 Å². The van der Waals surface area contributed by atoms with Crippen molar-refractivity contribution in [1.29, 1.82) is 0 Å². The van der Waals surface area contributed by atoms with Crippen molar-refractivity contribution in [1.82, 2.24) is 10.2 Å². The molecule has 2 aromatic rings. The van der Waals surface area contributed by atoms with Crippen LogP contribution in [0.3, 0.4) is 0 Å². The van der Waals surface area contributed by atoms with Gasteiger partial charge in [-0.25, -0.2) is 0 Å². The minimum absolute atomic E-state index is 0.179. The molecule has 1 aromatic heterocycles. The molecular formula is C19H23ClN2O. The van der Waals surface area contributed by atoms with Gasteiger partial charge in [0.2, 0.25) is 0 Å². The third kappa shape index (κ3) is 3.47. The fraction of sp³-hybridized carbons (Fsp3) is 0.474. The summed E-state index contributed by atoms with van der Waals surface area (Å²) in [6, 6.07) is 13.0. The molecule has 2 aliphatic rings. The van der Waals surface area contributed by atoms with Gasteiger partial charge in [-0.1, -0.05) is 23.7 Å². The second-order valence-corrected chi connectivity index (χ2v) is 7.30. The number of likely N-dealkylation sites (tertiary alicyclic amines) is 1. The Morgan fingerprint density at radius 1 is 1.17 bits per heavy atom. The van der Waals surface area contributed by atoms with Crippen LogP contribution in [0.5, 0.6) is 0 Å². The summed E-state index contributed by atoms with van der Waals surface area (Å²) in [6.07, 6.45) is 6.59. The first-order valence-electron chi connectivity index (χ1n) is 8.52. The van der Waals surface area contributed by atoms with Crippen LogP contribution in [0.25, 0.3) is 0 Å². The molecule has 2 fully saturated rings. The molecule has 0 amide bonds. The lowest BCUT2D eigenvalue weighted by molar-refractivity contribution is 0.171. The van der Waals surface area contributed by atoms with E-state index in [4.69, 9.17) is 16.0 Å². The SMILES string of the molecule is Clc1cccc(C2(NC3CCN(Cc4ccco4)CC3)CC2)c1. The van der Waals surface area contributed by atoms with Gasteiger partial charge in [0.15, 0.2) is 0 Å². The molecular weight excluding hydrogens is 308 g/mol. The lowest BCUT2D eigenvalue weighted by atomic mass is 9.99. The number of nitrogens with one attached hydrogen (secondary N) is 1. The topological polar surface area (TPSA) is 28.4 Å². The molecule has 3 nitrogen and oxygen atoms in total. The number of halogens is 1. The Morgan fingerprint density at radius 3 is 2.65 bits per heavy atom. The number of hydrogen-bond donors (Lipinski definition) is 1. The van der Waals surface area contributed by atoms with E-state index in [1.54, 1.807) is 6.26 Å². The van der Waals surface area contributed by atoms with Crippen LogP contribution in [0.4, 0.5) is 0 Å². The third-order valence-corrected chi connectivity index (χ3v) is 5.39. The van der Waals surface area contributed by atoms with Gasteiger partial charge in [-0.15, -0.1) is 0 Å². The molecule has 1 saturated carbocycles. The average molecular weight is 331 g/mol. The zero-order chi connectivity index (χ0) is 15.7. The summed E-state index contributed by atoms with van der Waals surface area (Å²) in [7, 11) is 0. The number of furan rings is 1. The second-order valence-electron chi connectivity index (χ2n) is 6.87. The zero-order valence-electron chi connectivity index (χ0n) is 13.3. The Bertz CT molecular complexity index is 643. The van der Waals surface area contributed by atoms with Gasteiger partial charge < -0.3 is 9.73 Å². The second kappa shape index (κ2) is 6.31. The highest BCUT2D eigenvalue weighted by Crippen LogP contribution is 2.46. The summed E-state index contributed by atoms with van der Waals surface area (Å²) in [5.41, 5.74) is 1.53. The molecule has 4 rings (SSSR count). The molecule has 4 heteroatoms. The standard InChI is InChI=1S/C19H23ClN2O/c20-16-4-1-3-15(13-16)19(8-9-19)21-17-6-10-22(11-7-17)14-18-5-2-12-23-18/h1-5,12-13,17,21H,6-11,14H2. The fourth-order valence-electron chi connectivity index (χ4n) is 3.68. The van der Waals surface area contributed by atoms with Crippen LogP contribution in [0, 0.1) is 0 Å². The van der Waals surface area contributed by atoms with Crippen LogP contribution in [-0.2, 0) is 12.1 Å². The number of rotatable bonds is 5. The van der Waals surface area contributed by atoms with Crippen molar-refractivity contribution in [2.75, 3.05) is 13.1 Å². The molecule has 1 aliphatic heterocycles. The van der Waals surface area contributed by atoms with Gasteiger partial charge in [0, 0.05) is 29.7 Å². The maximum absolute atomic E-state index is 6.16. The first-order chi connectivity index (χ1) is 11.2. The maximum atomic E-state index is 6.16. The molecule has 23 heavy (non-hydrogen) atoms. The summed E-state index contributed by atoms with van der Waals surface area (Å²) >= 11 is 6.16. The van der Waals surface area contributed by atoms with E-state index in [-0.39, 0.29) is 5.54 Å². The molecule has 1 N–H and O–H groups in total. The number of hydrogen-bond acceptors (Lipinski definition) is 3. The van der Waals surface area contributed by atoms with Gasteiger partial charge in [-0.05, 0) is 55.5 Å². The highest BCUT2D eigenvalue weighted by Gasteiger charge is 2.45. The Balaban J connectivity index is 1.33. The predicted octanol–water partition coefficient (Wildman–Crippen LogP) is 4.18. The first kappa shape index (κ1) is 15.3. The van der Waals surface area contributed by atoms with Crippen molar-refractivity contribution in [3.05, 3.63) is 59.0 Å². The minimum atomic E-state index is 0.179. The average Bonchev–Trinajstić information content (AvgIpc) is 3.16. The van der Waals surface area contributed by atoms with E-state index in [1.807, 2.05) is 12.1 Å². The fourth-order valence-corrected chi connectivity index (χ4v) is 3.87. The molecule has 2 heterocycles. The van der Waals surface area contributed by atoms with E-state index < -0.39 is 0 Å². The zero-order valence-corrected chi connectivity index (χ0v) is 14.1. The molecule has 0 bridgehead atoms. The Labute approximate surface area is 142 Å². The molecule has 1 aromatic carbocycles. The maximum Gasteiger partial charge on any atom is 0.117 e. The van der Waals surface area contributed by atoms with Gasteiger partial charge in [-0.3, -0.25) is 4.90 Å². The van der Waals surface area contributed by atoms with E-state index in [2.05, 4.69) is 34.5 Å².